The van der Waals surface area contributed by atoms with Crippen LogP contribution in [0.1, 0.15) is 71.9 Å². The maximum atomic E-state index is 11.0. The lowest BCUT2D eigenvalue weighted by Crippen LogP contribution is -2.00. The maximum Gasteiger partial charge on any atom is 0.335 e. The smallest absolute Gasteiger partial charge is 0.335 e. The van der Waals surface area contributed by atoms with Gasteiger partial charge < -0.3 is 14.6 Å². The minimum Gasteiger partial charge on any atom is -0.489 e. The van der Waals surface area contributed by atoms with Gasteiger partial charge in [0.05, 0.1) is 11.3 Å². The fraction of sp³-hybridized carbons (Fsp3) is 0.290. The first-order valence-corrected chi connectivity index (χ1v) is 13.7. The van der Waals surface area contributed by atoms with Crippen molar-refractivity contribution in [2.24, 2.45) is 0 Å². The Labute approximate surface area is 222 Å². The zero-order chi connectivity index (χ0) is 26.0. The summed E-state index contributed by atoms with van der Waals surface area (Å²) >= 11 is 1.53. The number of aromatic nitrogens is 1. The zero-order valence-electron chi connectivity index (χ0n) is 21.4. The van der Waals surface area contributed by atoms with Crippen LogP contribution in [0.2, 0.25) is 0 Å². The molecule has 0 atom stereocenters. The third-order valence-corrected chi connectivity index (χ3v) is 7.12. The summed E-state index contributed by atoms with van der Waals surface area (Å²) in [5.41, 5.74) is 4.74. The van der Waals surface area contributed by atoms with Crippen molar-refractivity contribution in [3.05, 3.63) is 99.9 Å². The highest BCUT2D eigenvalue weighted by molar-refractivity contribution is 7.09. The van der Waals surface area contributed by atoms with Crippen molar-refractivity contribution in [2.45, 2.75) is 58.7 Å². The van der Waals surface area contributed by atoms with Crippen LogP contribution in [-0.4, -0.2) is 16.1 Å². The van der Waals surface area contributed by atoms with Crippen molar-refractivity contribution in [3.8, 4) is 22.8 Å². The first-order valence-electron chi connectivity index (χ1n) is 12.8. The van der Waals surface area contributed by atoms with Crippen LogP contribution in [0.15, 0.2) is 78.2 Å². The lowest BCUT2D eigenvalue weighted by atomic mass is 9.90. The van der Waals surface area contributed by atoms with E-state index in [2.05, 4.69) is 43.1 Å². The Morgan fingerprint density at radius 1 is 0.838 bits per heavy atom. The number of ether oxygens (including phenoxy) is 2. The number of hydrogen-bond acceptors (Lipinski definition) is 5. The number of nitrogens with zero attached hydrogens (tertiary/aromatic N) is 1. The van der Waals surface area contributed by atoms with Crippen molar-refractivity contribution >= 4 is 17.3 Å². The number of aromatic carboxylic acids is 1. The van der Waals surface area contributed by atoms with E-state index in [1.54, 1.807) is 12.1 Å². The number of hydrogen-bond donors (Lipinski definition) is 1. The first kappa shape index (κ1) is 26.4. The number of carboxylic acid groups (broad SMARTS) is 1. The molecule has 4 rings (SSSR count). The van der Waals surface area contributed by atoms with Crippen LogP contribution in [0.4, 0.5) is 0 Å². The molecule has 6 heteroatoms. The van der Waals surface area contributed by atoms with Gasteiger partial charge in [-0.3, -0.25) is 0 Å². The van der Waals surface area contributed by atoms with Crippen LogP contribution in [0.3, 0.4) is 0 Å². The van der Waals surface area contributed by atoms with Crippen molar-refractivity contribution < 1.29 is 19.4 Å². The lowest BCUT2D eigenvalue weighted by molar-refractivity contribution is 0.0697. The molecule has 0 fully saturated rings. The molecule has 0 saturated heterocycles. The molecule has 1 aromatic heterocycles. The molecule has 0 amide bonds. The molecule has 0 aliphatic rings. The number of rotatable bonds is 13. The molecule has 0 aliphatic heterocycles. The Hall–Kier alpha value is -3.64. The van der Waals surface area contributed by atoms with Gasteiger partial charge in [0.1, 0.15) is 29.7 Å². The largest absolute Gasteiger partial charge is 0.489 e. The van der Waals surface area contributed by atoms with Crippen LogP contribution >= 0.6 is 11.3 Å². The molecule has 0 aliphatic carbocycles. The standard InChI is InChI=1S/C31H33NO4S/c1-3-5-23(6-4-2)24-9-7-22(8-10-24)19-35-27-15-11-25(12-16-27)29-21-37-30(32-29)20-36-28-17-13-26(14-18-28)31(33)34/h7-18,21,23H,3-6,19-20H2,1-2H3,(H,33,34). The Morgan fingerprint density at radius 2 is 1.43 bits per heavy atom. The molecular formula is C31H33NO4S. The monoisotopic (exact) mass is 515 g/mol. The number of carbonyl (C=O) groups is 1. The van der Waals surface area contributed by atoms with E-state index in [1.165, 1.54) is 60.3 Å². The summed E-state index contributed by atoms with van der Waals surface area (Å²) in [5.74, 6) is 1.14. The van der Waals surface area contributed by atoms with E-state index >= 15 is 0 Å². The third kappa shape index (κ3) is 7.43. The van der Waals surface area contributed by atoms with Gasteiger partial charge in [-0.2, -0.15) is 0 Å². The second kappa shape index (κ2) is 13.1. The SMILES string of the molecule is CCCC(CCC)c1ccc(COc2ccc(-c3csc(COc4ccc(C(=O)O)cc4)n3)cc2)cc1. The zero-order valence-corrected chi connectivity index (χ0v) is 22.2. The Balaban J connectivity index is 1.29. The van der Waals surface area contributed by atoms with E-state index < -0.39 is 5.97 Å². The summed E-state index contributed by atoms with van der Waals surface area (Å²) in [6.07, 6.45) is 4.91. The van der Waals surface area contributed by atoms with Crippen LogP contribution in [0.5, 0.6) is 11.5 Å². The summed E-state index contributed by atoms with van der Waals surface area (Å²) in [6, 6.07) is 23.2. The molecule has 4 aromatic rings. The normalized spacial score (nSPS) is 11.0. The second-order valence-electron chi connectivity index (χ2n) is 9.07. The van der Waals surface area contributed by atoms with Gasteiger partial charge >= 0.3 is 5.97 Å². The minimum atomic E-state index is -0.954. The molecule has 0 bridgehead atoms. The van der Waals surface area contributed by atoms with Gasteiger partial charge in [-0.05, 0) is 78.4 Å². The number of thiazole rings is 1. The van der Waals surface area contributed by atoms with Gasteiger partial charge in [-0.1, -0.05) is 51.0 Å². The third-order valence-electron chi connectivity index (χ3n) is 6.30. The summed E-state index contributed by atoms with van der Waals surface area (Å²) < 4.78 is 11.8. The molecule has 192 valence electrons. The van der Waals surface area contributed by atoms with E-state index in [4.69, 9.17) is 14.6 Å². The molecule has 0 radical (unpaired) electrons. The first-order chi connectivity index (χ1) is 18.1. The lowest BCUT2D eigenvalue weighted by Gasteiger charge is -2.16. The molecule has 37 heavy (non-hydrogen) atoms. The predicted octanol–water partition coefficient (Wildman–Crippen LogP) is 8.35. The molecule has 1 heterocycles. The highest BCUT2D eigenvalue weighted by atomic mass is 32.1. The number of benzene rings is 3. The predicted molar refractivity (Wildman–Crippen MR) is 149 cm³/mol. The van der Waals surface area contributed by atoms with Gasteiger partial charge in [0.2, 0.25) is 0 Å². The highest BCUT2D eigenvalue weighted by Crippen LogP contribution is 2.28. The minimum absolute atomic E-state index is 0.233. The van der Waals surface area contributed by atoms with Crippen molar-refractivity contribution in [1.82, 2.24) is 4.98 Å². The molecular weight excluding hydrogens is 482 g/mol. The Bertz CT molecular complexity index is 1260. The molecule has 1 N–H and O–H groups in total. The average molecular weight is 516 g/mol. The Morgan fingerprint density at radius 3 is 2.03 bits per heavy atom. The van der Waals surface area contributed by atoms with Crippen molar-refractivity contribution in [2.75, 3.05) is 0 Å². The van der Waals surface area contributed by atoms with Crippen molar-refractivity contribution in [1.29, 1.82) is 0 Å². The van der Waals surface area contributed by atoms with Crippen LogP contribution in [-0.2, 0) is 13.2 Å². The van der Waals surface area contributed by atoms with E-state index in [9.17, 15) is 4.79 Å². The van der Waals surface area contributed by atoms with E-state index in [1.807, 2.05) is 29.6 Å². The van der Waals surface area contributed by atoms with Gasteiger partial charge in [0.25, 0.3) is 0 Å². The molecule has 3 aromatic carbocycles. The fourth-order valence-corrected chi connectivity index (χ4v) is 5.01. The summed E-state index contributed by atoms with van der Waals surface area (Å²) in [4.78, 5) is 15.6. The van der Waals surface area contributed by atoms with Gasteiger partial charge in [-0.25, -0.2) is 9.78 Å². The van der Waals surface area contributed by atoms with Crippen molar-refractivity contribution in [3.63, 3.8) is 0 Å². The van der Waals surface area contributed by atoms with E-state index in [-0.39, 0.29) is 5.56 Å². The van der Waals surface area contributed by atoms with E-state index in [0.29, 0.717) is 24.9 Å². The van der Waals surface area contributed by atoms with Crippen LogP contribution < -0.4 is 9.47 Å². The quantitative estimate of drug-likeness (QED) is 0.194. The van der Waals surface area contributed by atoms with E-state index in [0.717, 1.165) is 22.0 Å². The summed E-state index contributed by atoms with van der Waals surface area (Å²) in [5, 5.41) is 11.8. The highest BCUT2D eigenvalue weighted by Gasteiger charge is 2.10. The average Bonchev–Trinajstić information content (AvgIpc) is 3.40. The summed E-state index contributed by atoms with van der Waals surface area (Å²) in [7, 11) is 0. The molecule has 0 saturated carbocycles. The van der Waals surface area contributed by atoms with Gasteiger partial charge in [-0.15, -0.1) is 11.3 Å². The van der Waals surface area contributed by atoms with Gasteiger partial charge in [0.15, 0.2) is 0 Å². The molecule has 0 spiro atoms. The Kier molecular flexibility index (Phi) is 9.33. The second-order valence-corrected chi connectivity index (χ2v) is 10.0. The molecule has 5 nitrogen and oxygen atoms in total. The van der Waals surface area contributed by atoms with Crippen LogP contribution in [0, 0.1) is 0 Å². The number of carboxylic acids is 1. The topological polar surface area (TPSA) is 68.7 Å². The fourth-order valence-electron chi connectivity index (χ4n) is 4.30. The van der Waals surface area contributed by atoms with Gasteiger partial charge in [0, 0.05) is 10.9 Å². The molecule has 0 unspecified atom stereocenters. The summed E-state index contributed by atoms with van der Waals surface area (Å²) in [6.45, 7) is 5.38. The van der Waals surface area contributed by atoms with Crippen LogP contribution in [0.25, 0.3) is 11.3 Å². The maximum absolute atomic E-state index is 11.0.